The van der Waals surface area contributed by atoms with Gasteiger partial charge in [0, 0.05) is 44.8 Å². The number of nitrogens with zero attached hydrogens (tertiary/aromatic N) is 3. The van der Waals surface area contributed by atoms with Crippen LogP contribution in [0, 0.1) is 12.8 Å². The predicted molar refractivity (Wildman–Crippen MR) is 79.5 cm³/mol. The van der Waals surface area contributed by atoms with Crippen molar-refractivity contribution in [2.24, 2.45) is 13.0 Å². The van der Waals surface area contributed by atoms with Crippen molar-refractivity contribution in [1.29, 1.82) is 0 Å². The second-order valence-corrected chi connectivity index (χ2v) is 6.29. The zero-order chi connectivity index (χ0) is 14.0. The molecule has 0 aliphatic carbocycles. The molecule has 2 rings (SSSR count). The molecule has 1 fully saturated rings. The number of rotatable bonds is 4. The van der Waals surface area contributed by atoms with Crippen molar-refractivity contribution in [1.82, 2.24) is 20.0 Å². The van der Waals surface area contributed by atoms with Crippen LogP contribution in [0.4, 0.5) is 0 Å². The third kappa shape index (κ3) is 3.50. The first-order valence-corrected chi connectivity index (χ1v) is 7.49. The molecule has 108 valence electrons. The Labute approximate surface area is 121 Å². The van der Waals surface area contributed by atoms with Crippen molar-refractivity contribution in [3.63, 3.8) is 0 Å². The van der Waals surface area contributed by atoms with E-state index in [-0.39, 0.29) is 0 Å². The predicted octanol–water partition coefficient (Wildman–Crippen LogP) is 2.20. The summed E-state index contributed by atoms with van der Waals surface area (Å²) in [6.07, 6.45) is 1.23. The molecule has 0 amide bonds. The molecule has 1 saturated heterocycles. The molecule has 5 heteroatoms. The summed E-state index contributed by atoms with van der Waals surface area (Å²) >= 11 is 6.34. The lowest BCUT2D eigenvalue weighted by atomic mass is 10.0. The van der Waals surface area contributed by atoms with E-state index in [9.17, 15) is 0 Å². The molecule has 0 spiro atoms. The molecule has 1 atom stereocenters. The number of piperazine rings is 1. The molecule has 1 unspecified atom stereocenters. The quantitative estimate of drug-likeness (QED) is 0.920. The highest BCUT2D eigenvalue weighted by Gasteiger charge is 2.25. The van der Waals surface area contributed by atoms with E-state index < -0.39 is 0 Å². The maximum atomic E-state index is 6.34. The van der Waals surface area contributed by atoms with Crippen LogP contribution in [0.5, 0.6) is 0 Å². The fraction of sp³-hybridized carbons (Fsp3) is 0.786. The zero-order valence-corrected chi connectivity index (χ0v) is 13.2. The van der Waals surface area contributed by atoms with Gasteiger partial charge in [-0.3, -0.25) is 9.58 Å². The summed E-state index contributed by atoms with van der Waals surface area (Å²) in [6.45, 7) is 10.8. The van der Waals surface area contributed by atoms with Crippen LogP contribution in [0.15, 0.2) is 0 Å². The van der Waals surface area contributed by atoms with Crippen LogP contribution in [-0.2, 0) is 13.6 Å². The second-order valence-electron chi connectivity index (χ2n) is 5.94. The van der Waals surface area contributed by atoms with Gasteiger partial charge in [0.25, 0.3) is 0 Å². The maximum absolute atomic E-state index is 6.34. The monoisotopic (exact) mass is 284 g/mol. The molecule has 1 aliphatic rings. The van der Waals surface area contributed by atoms with Crippen LogP contribution in [0.2, 0.25) is 5.15 Å². The van der Waals surface area contributed by atoms with Crippen molar-refractivity contribution in [2.75, 3.05) is 19.6 Å². The van der Waals surface area contributed by atoms with E-state index in [2.05, 4.69) is 29.2 Å². The lowest BCUT2D eigenvalue weighted by Gasteiger charge is -2.37. The maximum Gasteiger partial charge on any atom is 0.131 e. The molecule has 0 bridgehead atoms. The Kier molecular flexibility index (Phi) is 4.87. The van der Waals surface area contributed by atoms with Crippen molar-refractivity contribution >= 4 is 11.6 Å². The zero-order valence-electron chi connectivity index (χ0n) is 12.4. The average Bonchev–Trinajstić information content (AvgIpc) is 2.57. The highest BCUT2D eigenvalue weighted by Crippen LogP contribution is 2.23. The standard InChI is InChI=1S/C14H25ClN4/c1-10(2)7-12-8-16-5-6-19(12)9-13-11(3)17-18(4)14(13)15/h10,12,16H,5-9H2,1-4H3. The first-order chi connectivity index (χ1) is 8.99. The van der Waals surface area contributed by atoms with E-state index in [0.717, 1.165) is 42.9 Å². The normalized spacial score (nSPS) is 21.3. The smallest absolute Gasteiger partial charge is 0.131 e. The summed E-state index contributed by atoms with van der Waals surface area (Å²) < 4.78 is 1.77. The van der Waals surface area contributed by atoms with E-state index in [1.165, 1.54) is 12.0 Å². The van der Waals surface area contributed by atoms with Crippen LogP contribution in [-0.4, -0.2) is 40.4 Å². The van der Waals surface area contributed by atoms with E-state index in [4.69, 9.17) is 11.6 Å². The summed E-state index contributed by atoms with van der Waals surface area (Å²) in [6, 6.07) is 0.601. The molecule has 1 aliphatic heterocycles. The topological polar surface area (TPSA) is 33.1 Å². The van der Waals surface area contributed by atoms with Crippen molar-refractivity contribution in [3.05, 3.63) is 16.4 Å². The minimum atomic E-state index is 0.601. The molecule has 4 nitrogen and oxygen atoms in total. The van der Waals surface area contributed by atoms with E-state index >= 15 is 0 Å². The molecule has 19 heavy (non-hydrogen) atoms. The van der Waals surface area contributed by atoms with Gasteiger partial charge in [-0.05, 0) is 19.3 Å². The van der Waals surface area contributed by atoms with E-state index in [0.29, 0.717) is 6.04 Å². The number of halogens is 1. The van der Waals surface area contributed by atoms with Gasteiger partial charge in [-0.15, -0.1) is 0 Å². The Morgan fingerprint density at radius 1 is 1.47 bits per heavy atom. The van der Waals surface area contributed by atoms with Crippen LogP contribution in [0.25, 0.3) is 0 Å². The number of hydrogen-bond acceptors (Lipinski definition) is 3. The van der Waals surface area contributed by atoms with E-state index in [1.54, 1.807) is 4.68 Å². The molecule has 1 aromatic heterocycles. The molecule has 1 aromatic rings. The third-order valence-electron chi connectivity index (χ3n) is 3.85. The lowest BCUT2D eigenvalue weighted by molar-refractivity contribution is 0.134. The highest BCUT2D eigenvalue weighted by atomic mass is 35.5. The van der Waals surface area contributed by atoms with Gasteiger partial charge in [-0.1, -0.05) is 25.4 Å². The Bertz CT molecular complexity index is 427. The molecular formula is C14H25ClN4. The minimum absolute atomic E-state index is 0.601. The molecule has 0 saturated carbocycles. The highest BCUT2D eigenvalue weighted by molar-refractivity contribution is 6.30. The Hall–Kier alpha value is -0.580. The van der Waals surface area contributed by atoms with Gasteiger partial charge in [0.15, 0.2) is 0 Å². The first-order valence-electron chi connectivity index (χ1n) is 7.11. The van der Waals surface area contributed by atoms with Crippen LogP contribution >= 0.6 is 11.6 Å². The Balaban J connectivity index is 2.10. The Morgan fingerprint density at radius 2 is 2.21 bits per heavy atom. The molecule has 0 radical (unpaired) electrons. The summed E-state index contributed by atoms with van der Waals surface area (Å²) in [5.41, 5.74) is 2.23. The summed E-state index contributed by atoms with van der Waals surface area (Å²) in [5, 5.41) is 8.68. The molecular weight excluding hydrogens is 260 g/mol. The van der Waals surface area contributed by atoms with Crippen LogP contribution in [0.1, 0.15) is 31.5 Å². The SMILES string of the molecule is Cc1nn(C)c(Cl)c1CN1CCNCC1CC(C)C. The molecule has 2 heterocycles. The van der Waals surface area contributed by atoms with Gasteiger partial charge in [-0.2, -0.15) is 5.10 Å². The second kappa shape index (κ2) is 6.25. The fourth-order valence-corrected chi connectivity index (χ4v) is 3.08. The average molecular weight is 285 g/mol. The van der Waals surface area contributed by atoms with Gasteiger partial charge >= 0.3 is 0 Å². The summed E-state index contributed by atoms with van der Waals surface area (Å²) in [4.78, 5) is 2.55. The van der Waals surface area contributed by atoms with Gasteiger partial charge < -0.3 is 5.32 Å². The van der Waals surface area contributed by atoms with E-state index in [1.807, 2.05) is 14.0 Å². The number of hydrogen-bond donors (Lipinski definition) is 1. The minimum Gasteiger partial charge on any atom is -0.314 e. The largest absolute Gasteiger partial charge is 0.314 e. The number of nitrogens with one attached hydrogen (secondary N) is 1. The van der Waals surface area contributed by atoms with Crippen molar-refractivity contribution in [2.45, 2.75) is 39.8 Å². The number of aromatic nitrogens is 2. The van der Waals surface area contributed by atoms with Gasteiger partial charge in [0.1, 0.15) is 5.15 Å². The van der Waals surface area contributed by atoms with Gasteiger partial charge in [0.2, 0.25) is 0 Å². The number of aryl methyl sites for hydroxylation is 2. The molecule has 1 N–H and O–H groups in total. The summed E-state index contributed by atoms with van der Waals surface area (Å²) in [5.74, 6) is 0.720. The Morgan fingerprint density at radius 3 is 2.79 bits per heavy atom. The fourth-order valence-electron chi connectivity index (χ4n) is 2.84. The van der Waals surface area contributed by atoms with Gasteiger partial charge in [0.05, 0.1) is 5.69 Å². The molecule has 0 aromatic carbocycles. The third-order valence-corrected chi connectivity index (χ3v) is 4.32. The first kappa shape index (κ1) is 14.8. The van der Waals surface area contributed by atoms with Crippen molar-refractivity contribution < 1.29 is 0 Å². The van der Waals surface area contributed by atoms with Gasteiger partial charge in [-0.25, -0.2) is 0 Å². The summed E-state index contributed by atoms with van der Waals surface area (Å²) in [7, 11) is 1.90. The van der Waals surface area contributed by atoms with Crippen LogP contribution < -0.4 is 5.32 Å². The lowest BCUT2D eigenvalue weighted by Crippen LogP contribution is -2.51. The van der Waals surface area contributed by atoms with Crippen molar-refractivity contribution in [3.8, 4) is 0 Å². The van der Waals surface area contributed by atoms with Crippen LogP contribution in [0.3, 0.4) is 0 Å².